The molecule has 0 fully saturated rings. The van der Waals surface area contributed by atoms with Gasteiger partial charge in [-0.05, 0) is 29.9 Å². The lowest BCUT2D eigenvalue weighted by atomic mass is 10.0. The molecule has 0 saturated heterocycles. The molecule has 1 amide bonds. The number of nitrogens with zero attached hydrogens (tertiary/aromatic N) is 3. The number of aromatic nitrogens is 3. The van der Waals surface area contributed by atoms with Crippen molar-refractivity contribution in [3.63, 3.8) is 0 Å². The number of rotatable bonds is 8. The van der Waals surface area contributed by atoms with Crippen molar-refractivity contribution in [1.82, 2.24) is 14.8 Å². The van der Waals surface area contributed by atoms with E-state index >= 15 is 0 Å². The van der Waals surface area contributed by atoms with E-state index < -0.39 is 5.97 Å². The Morgan fingerprint density at radius 2 is 1.93 bits per heavy atom. The van der Waals surface area contributed by atoms with Gasteiger partial charge in [0.15, 0.2) is 11.0 Å². The van der Waals surface area contributed by atoms with E-state index in [1.54, 1.807) is 11.4 Å². The molecule has 3 aromatic rings. The number of thioether (sulfide) groups is 1. The van der Waals surface area contributed by atoms with Gasteiger partial charge >= 0.3 is 5.97 Å². The van der Waals surface area contributed by atoms with Gasteiger partial charge in [0.1, 0.15) is 5.00 Å². The number of benzene rings is 1. The van der Waals surface area contributed by atoms with E-state index in [1.807, 2.05) is 11.5 Å². The van der Waals surface area contributed by atoms with Crippen LogP contribution >= 0.6 is 23.1 Å². The lowest BCUT2D eigenvalue weighted by Crippen LogP contribution is -2.16. The van der Waals surface area contributed by atoms with Crippen molar-refractivity contribution in [1.29, 1.82) is 0 Å². The molecule has 3 rings (SSSR count). The zero-order chi connectivity index (χ0) is 21.7. The fraction of sp³-hybridized carbons (Fsp3) is 0.333. The molecule has 7 nitrogen and oxygen atoms in total. The maximum atomic E-state index is 12.4. The molecule has 2 aromatic heterocycles. The molecule has 0 radical (unpaired) electrons. The van der Waals surface area contributed by atoms with Gasteiger partial charge in [0, 0.05) is 12.1 Å². The van der Waals surface area contributed by atoms with Gasteiger partial charge in [0.2, 0.25) is 5.91 Å². The number of amides is 1. The van der Waals surface area contributed by atoms with E-state index in [0.29, 0.717) is 28.2 Å². The summed E-state index contributed by atoms with van der Waals surface area (Å²) in [6.07, 6.45) is 0. The van der Waals surface area contributed by atoms with Gasteiger partial charge < -0.3 is 14.6 Å². The molecule has 0 aliphatic carbocycles. The van der Waals surface area contributed by atoms with E-state index in [2.05, 4.69) is 53.6 Å². The Bertz CT molecular complexity index is 1030. The number of carbonyl (C=O) groups is 2. The smallest absolute Gasteiger partial charge is 0.340 e. The average molecular weight is 445 g/mol. The molecule has 0 bridgehead atoms. The monoisotopic (exact) mass is 444 g/mol. The summed E-state index contributed by atoms with van der Waals surface area (Å²) < 4.78 is 6.72. The van der Waals surface area contributed by atoms with Crippen molar-refractivity contribution in [3.05, 3.63) is 46.8 Å². The second-order valence-electron chi connectivity index (χ2n) is 6.82. The fourth-order valence-electron chi connectivity index (χ4n) is 2.88. The largest absolute Gasteiger partial charge is 0.465 e. The molecular formula is C21H24N4O3S2. The van der Waals surface area contributed by atoms with Gasteiger partial charge in [0.25, 0.3) is 0 Å². The van der Waals surface area contributed by atoms with Gasteiger partial charge in [-0.1, -0.05) is 49.9 Å². The van der Waals surface area contributed by atoms with Crippen LogP contribution in [0.3, 0.4) is 0 Å². The van der Waals surface area contributed by atoms with Crippen LogP contribution in [0.1, 0.15) is 42.6 Å². The van der Waals surface area contributed by atoms with Crippen molar-refractivity contribution in [2.45, 2.75) is 38.4 Å². The van der Waals surface area contributed by atoms with Crippen molar-refractivity contribution in [2.24, 2.45) is 0 Å². The number of hydrogen-bond donors (Lipinski definition) is 1. The summed E-state index contributed by atoms with van der Waals surface area (Å²) in [7, 11) is 1.31. The Kier molecular flexibility index (Phi) is 7.28. The van der Waals surface area contributed by atoms with Crippen LogP contribution in [0.2, 0.25) is 0 Å². The number of hydrogen-bond acceptors (Lipinski definition) is 7. The molecule has 1 aromatic carbocycles. The van der Waals surface area contributed by atoms with Gasteiger partial charge in [0.05, 0.1) is 18.4 Å². The van der Waals surface area contributed by atoms with Crippen LogP contribution in [0.15, 0.2) is 40.9 Å². The first-order valence-corrected chi connectivity index (χ1v) is 11.4. The van der Waals surface area contributed by atoms with Crippen molar-refractivity contribution < 1.29 is 14.3 Å². The summed E-state index contributed by atoms with van der Waals surface area (Å²) in [5.74, 6) is 0.708. The molecule has 0 aliphatic heterocycles. The molecule has 0 spiro atoms. The molecule has 0 saturated carbocycles. The number of thiophene rings is 1. The van der Waals surface area contributed by atoms with E-state index in [0.717, 1.165) is 11.4 Å². The maximum absolute atomic E-state index is 12.4. The third-order valence-corrected chi connectivity index (χ3v) is 6.32. The van der Waals surface area contributed by atoms with Crippen molar-refractivity contribution >= 4 is 40.0 Å². The summed E-state index contributed by atoms with van der Waals surface area (Å²) in [5, 5.41) is 14.3. The highest BCUT2D eigenvalue weighted by Gasteiger charge is 2.18. The van der Waals surface area contributed by atoms with Crippen LogP contribution in [0, 0.1) is 0 Å². The van der Waals surface area contributed by atoms with Crippen LogP contribution in [0.4, 0.5) is 5.00 Å². The van der Waals surface area contributed by atoms with Crippen LogP contribution < -0.4 is 5.32 Å². The summed E-state index contributed by atoms with van der Waals surface area (Å²) >= 11 is 2.59. The van der Waals surface area contributed by atoms with Crippen LogP contribution in [0.5, 0.6) is 0 Å². The predicted molar refractivity (Wildman–Crippen MR) is 120 cm³/mol. The fourth-order valence-corrected chi connectivity index (χ4v) is 4.47. The summed E-state index contributed by atoms with van der Waals surface area (Å²) in [6, 6.07) is 9.95. The zero-order valence-corrected chi connectivity index (χ0v) is 19.0. The van der Waals surface area contributed by atoms with Crippen LogP contribution in [-0.2, 0) is 16.1 Å². The third-order valence-electron chi connectivity index (χ3n) is 4.52. The summed E-state index contributed by atoms with van der Waals surface area (Å²) in [6.45, 7) is 7.03. The third kappa shape index (κ3) is 4.91. The maximum Gasteiger partial charge on any atom is 0.340 e. The SMILES string of the molecule is CCn1c(SCC(=O)Nc2sccc2C(=O)OC)nnc1-c1ccc(C(C)C)cc1. The Hall–Kier alpha value is -2.65. The Labute approximate surface area is 183 Å². The van der Waals surface area contributed by atoms with E-state index in [4.69, 9.17) is 4.74 Å². The molecule has 1 N–H and O–H groups in total. The van der Waals surface area contributed by atoms with E-state index in [-0.39, 0.29) is 11.7 Å². The highest BCUT2D eigenvalue weighted by Crippen LogP contribution is 2.27. The minimum atomic E-state index is -0.474. The molecule has 0 atom stereocenters. The lowest BCUT2D eigenvalue weighted by Gasteiger charge is -2.09. The van der Waals surface area contributed by atoms with Gasteiger partial charge in [-0.25, -0.2) is 4.79 Å². The standard InChI is InChI=1S/C21H24N4O3S2/c1-5-25-18(15-8-6-14(7-9-15)13(2)3)23-24-21(25)30-12-17(26)22-19-16(10-11-29-19)20(27)28-4/h6-11,13H,5,12H2,1-4H3,(H,22,26). The topological polar surface area (TPSA) is 86.1 Å². The summed E-state index contributed by atoms with van der Waals surface area (Å²) in [4.78, 5) is 24.1. The molecule has 0 unspecified atom stereocenters. The number of ether oxygens (including phenoxy) is 1. The van der Waals surface area contributed by atoms with Gasteiger partial charge in [-0.2, -0.15) is 0 Å². The number of esters is 1. The highest BCUT2D eigenvalue weighted by atomic mass is 32.2. The zero-order valence-electron chi connectivity index (χ0n) is 17.3. The quantitative estimate of drug-likeness (QED) is 0.401. The van der Waals surface area contributed by atoms with Crippen LogP contribution in [-0.4, -0.2) is 39.5 Å². The van der Waals surface area contributed by atoms with Crippen molar-refractivity contribution in [2.75, 3.05) is 18.2 Å². The lowest BCUT2D eigenvalue weighted by molar-refractivity contribution is -0.113. The number of nitrogens with one attached hydrogen (secondary N) is 1. The normalized spacial score (nSPS) is 11.0. The second kappa shape index (κ2) is 9.90. The molecule has 2 heterocycles. The first-order valence-electron chi connectivity index (χ1n) is 9.56. The first kappa shape index (κ1) is 22.0. The Balaban J connectivity index is 1.68. The number of methoxy groups -OCH3 is 1. The highest BCUT2D eigenvalue weighted by molar-refractivity contribution is 7.99. The minimum absolute atomic E-state index is 0.156. The van der Waals surface area contributed by atoms with Gasteiger partial charge in [-0.15, -0.1) is 21.5 Å². The molecule has 30 heavy (non-hydrogen) atoms. The molecule has 0 aliphatic rings. The second-order valence-corrected chi connectivity index (χ2v) is 8.68. The molecule has 9 heteroatoms. The van der Waals surface area contributed by atoms with E-state index in [9.17, 15) is 9.59 Å². The average Bonchev–Trinajstić information content (AvgIpc) is 3.38. The Morgan fingerprint density at radius 1 is 1.20 bits per heavy atom. The minimum Gasteiger partial charge on any atom is -0.465 e. The summed E-state index contributed by atoms with van der Waals surface area (Å²) in [5.41, 5.74) is 2.61. The first-order chi connectivity index (χ1) is 14.4. The predicted octanol–water partition coefficient (Wildman–Crippen LogP) is 4.67. The van der Waals surface area contributed by atoms with E-state index in [1.165, 1.54) is 35.8 Å². The van der Waals surface area contributed by atoms with Crippen LogP contribution in [0.25, 0.3) is 11.4 Å². The van der Waals surface area contributed by atoms with Gasteiger partial charge in [-0.3, -0.25) is 4.79 Å². The number of anilines is 1. The Morgan fingerprint density at radius 3 is 2.57 bits per heavy atom. The number of carbonyl (C=O) groups excluding carboxylic acids is 2. The molecular weight excluding hydrogens is 420 g/mol. The molecule has 158 valence electrons. The van der Waals surface area contributed by atoms with Crippen molar-refractivity contribution in [3.8, 4) is 11.4 Å².